The smallest absolute Gasteiger partial charge is 0.220 e. The first-order valence-electron chi connectivity index (χ1n) is 8.95. The van der Waals surface area contributed by atoms with E-state index in [1.165, 1.54) is 12.0 Å². The number of aliphatic imine (C=N–C) groups is 1. The van der Waals surface area contributed by atoms with Gasteiger partial charge in [-0.05, 0) is 30.7 Å². The Morgan fingerprint density at radius 2 is 1.92 bits per heavy atom. The summed E-state index contributed by atoms with van der Waals surface area (Å²) in [6, 6.07) is 11.2. The molecule has 0 spiro atoms. The molecule has 3 rings (SSSR count). The lowest BCUT2D eigenvalue weighted by molar-refractivity contribution is -0.121. The van der Waals surface area contributed by atoms with Crippen LogP contribution in [0.25, 0.3) is 0 Å². The minimum atomic E-state index is 0. The lowest BCUT2D eigenvalue weighted by Gasteiger charge is -2.34. The molecule has 0 bridgehead atoms. The Bertz CT molecular complexity index is 584. The second kappa shape index (κ2) is 9.40. The monoisotopic (exact) mass is 456 g/mol. The number of nitrogens with zero attached hydrogens (tertiary/aromatic N) is 2. The highest BCUT2D eigenvalue weighted by Crippen LogP contribution is 2.40. The molecule has 2 N–H and O–H groups in total. The summed E-state index contributed by atoms with van der Waals surface area (Å²) in [6.45, 7) is 1.95. The van der Waals surface area contributed by atoms with Gasteiger partial charge in [-0.1, -0.05) is 30.3 Å². The van der Waals surface area contributed by atoms with Crippen molar-refractivity contribution in [3.63, 3.8) is 0 Å². The molecule has 1 heterocycles. The third-order valence-electron chi connectivity index (χ3n) is 5.21. The number of nitrogens with one attached hydrogen (secondary N) is 2. The van der Waals surface area contributed by atoms with Gasteiger partial charge in [-0.2, -0.15) is 0 Å². The van der Waals surface area contributed by atoms with Gasteiger partial charge in [0.05, 0.1) is 0 Å². The van der Waals surface area contributed by atoms with Gasteiger partial charge in [-0.15, -0.1) is 24.0 Å². The summed E-state index contributed by atoms with van der Waals surface area (Å²) in [5, 5.41) is 6.35. The molecule has 1 saturated heterocycles. The molecular formula is C19H29IN4O. The Kier molecular flexibility index (Phi) is 7.53. The average Bonchev–Trinajstić information content (AvgIpc) is 3.40. The second-order valence-corrected chi connectivity index (χ2v) is 6.86. The zero-order valence-electron chi connectivity index (χ0n) is 15.1. The second-order valence-electron chi connectivity index (χ2n) is 6.86. The van der Waals surface area contributed by atoms with Crippen LogP contribution in [0.1, 0.15) is 37.2 Å². The largest absolute Gasteiger partial charge is 0.359 e. The Morgan fingerprint density at radius 3 is 2.52 bits per heavy atom. The van der Waals surface area contributed by atoms with Crippen molar-refractivity contribution in [1.82, 2.24) is 15.5 Å². The fourth-order valence-electron chi connectivity index (χ4n) is 3.60. The Morgan fingerprint density at radius 1 is 1.24 bits per heavy atom. The number of guanidine groups is 1. The summed E-state index contributed by atoms with van der Waals surface area (Å²) in [5.74, 6) is 2.27. The number of likely N-dealkylation sites (tertiary alicyclic amines) is 1. The molecule has 1 aliphatic carbocycles. The van der Waals surface area contributed by atoms with Crippen LogP contribution in [0.4, 0.5) is 0 Å². The molecule has 6 heteroatoms. The van der Waals surface area contributed by atoms with E-state index in [4.69, 9.17) is 0 Å². The van der Waals surface area contributed by atoms with E-state index in [2.05, 4.69) is 50.9 Å². The number of hydrogen-bond acceptors (Lipinski definition) is 2. The number of rotatable bonds is 4. The van der Waals surface area contributed by atoms with Crippen LogP contribution < -0.4 is 10.6 Å². The normalized spacial score (nSPS) is 23.6. The van der Waals surface area contributed by atoms with Gasteiger partial charge in [0.15, 0.2) is 5.96 Å². The SMILES string of the molecule is CN=C(NC1CC1c1ccccc1)N1CCC(CC(=O)NC)CC1.I. The molecule has 138 valence electrons. The summed E-state index contributed by atoms with van der Waals surface area (Å²) in [4.78, 5) is 18.3. The summed E-state index contributed by atoms with van der Waals surface area (Å²) < 4.78 is 0. The maximum atomic E-state index is 11.5. The fraction of sp³-hybridized carbons (Fsp3) is 0.579. The molecule has 2 unspecified atom stereocenters. The highest BCUT2D eigenvalue weighted by Gasteiger charge is 2.39. The average molecular weight is 456 g/mol. The topological polar surface area (TPSA) is 56.7 Å². The molecule has 1 aromatic carbocycles. The van der Waals surface area contributed by atoms with Crippen molar-refractivity contribution < 1.29 is 4.79 Å². The number of amides is 1. The lowest BCUT2D eigenvalue weighted by Crippen LogP contribution is -2.46. The lowest BCUT2D eigenvalue weighted by atomic mass is 9.93. The quantitative estimate of drug-likeness (QED) is 0.416. The van der Waals surface area contributed by atoms with Crippen LogP contribution in [0, 0.1) is 5.92 Å². The maximum absolute atomic E-state index is 11.5. The highest BCUT2D eigenvalue weighted by atomic mass is 127. The highest BCUT2D eigenvalue weighted by molar-refractivity contribution is 14.0. The fourth-order valence-corrected chi connectivity index (χ4v) is 3.60. The molecule has 1 aliphatic heterocycles. The van der Waals surface area contributed by atoms with Crippen LogP contribution in [-0.4, -0.2) is 50.0 Å². The van der Waals surface area contributed by atoms with Crippen LogP contribution in [0.3, 0.4) is 0 Å². The predicted molar refractivity (Wildman–Crippen MR) is 112 cm³/mol. The third-order valence-corrected chi connectivity index (χ3v) is 5.21. The van der Waals surface area contributed by atoms with E-state index in [-0.39, 0.29) is 29.9 Å². The maximum Gasteiger partial charge on any atom is 0.220 e. The minimum Gasteiger partial charge on any atom is -0.359 e. The van der Waals surface area contributed by atoms with Gasteiger partial charge in [-0.3, -0.25) is 9.79 Å². The van der Waals surface area contributed by atoms with Gasteiger partial charge < -0.3 is 15.5 Å². The van der Waals surface area contributed by atoms with Crippen molar-refractivity contribution in [2.24, 2.45) is 10.9 Å². The van der Waals surface area contributed by atoms with Gasteiger partial charge in [-0.25, -0.2) is 0 Å². The predicted octanol–water partition coefficient (Wildman–Crippen LogP) is 2.58. The molecule has 2 atom stereocenters. The van der Waals surface area contributed by atoms with Gasteiger partial charge in [0.1, 0.15) is 0 Å². The van der Waals surface area contributed by atoms with Crippen LogP contribution in [0.5, 0.6) is 0 Å². The van der Waals surface area contributed by atoms with Crippen LogP contribution in [-0.2, 0) is 4.79 Å². The third kappa shape index (κ3) is 5.33. The van der Waals surface area contributed by atoms with E-state index < -0.39 is 0 Å². The van der Waals surface area contributed by atoms with Gasteiger partial charge in [0, 0.05) is 45.6 Å². The van der Waals surface area contributed by atoms with E-state index in [0.29, 0.717) is 24.3 Å². The molecule has 5 nitrogen and oxygen atoms in total. The van der Waals surface area contributed by atoms with Crippen molar-refractivity contribution in [3.05, 3.63) is 35.9 Å². The van der Waals surface area contributed by atoms with Gasteiger partial charge in [0.25, 0.3) is 0 Å². The van der Waals surface area contributed by atoms with Gasteiger partial charge in [0.2, 0.25) is 5.91 Å². The van der Waals surface area contributed by atoms with Crippen LogP contribution in [0.15, 0.2) is 35.3 Å². The van der Waals surface area contributed by atoms with Crippen LogP contribution in [0.2, 0.25) is 0 Å². The summed E-state index contributed by atoms with van der Waals surface area (Å²) in [5.41, 5.74) is 1.41. The van der Waals surface area contributed by atoms with Crippen LogP contribution >= 0.6 is 24.0 Å². The molecule has 2 aliphatic rings. The molecule has 25 heavy (non-hydrogen) atoms. The molecular weight excluding hydrogens is 427 g/mol. The summed E-state index contributed by atoms with van der Waals surface area (Å²) in [7, 11) is 3.57. The van der Waals surface area contributed by atoms with E-state index >= 15 is 0 Å². The molecule has 0 aromatic heterocycles. The van der Waals surface area contributed by atoms with E-state index in [0.717, 1.165) is 31.9 Å². The van der Waals surface area contributed by atoms with Crippen molar-refractivity contribution in [2.75, 3.05) is 27.2 Å². The molecule has 0 radical (unpaired) electrons. The number of halogens is 1. The Balaban J connectivity index is 0.00000225. The first-order valence-corrected chi connectivity index (χ1v) is 8.95. The molecule has 2 fully saturated rings. The number of piperidine rings is 1. The van der Waals surface area contributed by atoms with E-state index in [1.54, 1.807) is 7.05 Å². The summed E-state index contributed by atoms with van der Waals surface area (Å²) >= 11 is 0. The molecule has 1 aromatic rings. The van der Waals surface area contributed by atoms with Crippen molar-refractivity contribution in [1.29, 1.82) is 0 Å². The first-order chi connectivity index (χ1) is 11.7. The Labute approximate surface area is 167 Å². The molecule has 1 saturated carbocycles. The number of carbonyl (C=O) groups excluding carboxylic acids is 1. The van der Waals surface area contributed by atoms with Gasteiger partial charge >= 0.3 is 0 Å². The number of benzene rings is 1. The van der Waals surface area contributed by atoms with E-state index in [9.17, 15) is 4.79 Å². The van der Waals surface area contributed by atoms with Crippen molar-refractivity contribution in [3.8, 4) is 0 Å². The number of carbonyl (C=O) groups is 1. The zero-order valence-corrected chi connectivity index (χ0v) is 17.4. The summed E-state index contributed by atoms with van der Waals surface area (Å²) in [6.07, 6.45) is 3.94. The first kappa shape index (κ1) is 20.0. The zero-order chi connectivity index (χ0) is 16.9. The number of hydrogen-bond donors (Lipinski definition) is 2. The Hall–Kier alpha value is -1.31. The minimum absolute atomic E-state index is 0. The van der Waals surface area contributed by atoms with Crippen molar-refractivity contribution in [2.45, 2.75) is 37.6 Å². The van der Waals surface area contributed by atoms with Crippen molar-refractivity contribution >= 4 is 35.8 Å². The standard InChI is InChI=1S/C19H28N4O.HI/c1-20-18(24)12-14-8-10-23(11-9-14)19(21-2)22-17-13-16(17)15-6-4-3-5-7-15;/h3-7,14,16-17H,8-13H2,1-2H3,(H,20,24)(H,21,22);1H. The molecule has 1 amide bonds. The van der Waals surface area contributed by atoms with E-state index in [1.807, 2.05) is 7.05 Å².